The molecule has 0 aromatic heterocycles. The summed E-state index contributed by atoms with van der Waals surface area (Å²) >= 11 is 0. The van der Waals surface area contributed by atoms with E-state index < -0.39 is 0 Å². The van der Waals surface area contributed by atoms with Crippen LogP contribution < -0.4 is 11.1 Å². The average molecular weight is 265 g/mol. The number of aryl methyl sites for hydroxylation is 2. The highest BCUT2D eigenvalue weighted by molar-refractivity contribution is 6.05. The van der Waals surface area contributed by atoms with Crippen molar-refractivity contribution in [3.8, 4) is 6.07 Å². The maximum absolute atomic E-state index is 12.2. The molecular formula is C16H15N3O. The van der Waals surface area contributed by atoms with Gasteiger partial charge in [0.05, 0.1) is 11.6 Å². The van der Waals surface area contributed by atoms with E-state index in [2.05, 4.69) is 5.32 Å². The molecule has 0 heterocycles. The molecule has 0 spiro atoms. The van der Waals surface area contributed by atoms with E-state index in [4.69, 9.17) is 11.0 Å². The highest BCUT2D eigenvalue weighted by Crippen LogP contribution is 2.22. The SMILES string of the molecule is Cc1cc(NC(=O)c2cccc(C#N)c2)c(C)cc1N. The van der Waals surface area contributed by atoms with Crippen LogP contribution in [-0.4, -0.2) is 5.91 Å². The second kappa shape index (κ2) is 5.45. The zero-order valence-corrected chi connectivity index (χ0v) is 11.4. The molecule has 20 heavy (non-hydrogen) atoms. The molecule has 4 nitrogen and oxygen atoms in total. The zero-order valence-electron chi connectivity index (χ0n) is 11.4. The Labute approximate surface area is 117 Å². The lowest BCUT2D eigenvalue weighted by atomic mass is 10.1. The first-order valence-electron chi connectivity index (χ1n) is 6.19. The van der Waals surface area contributed by atoms with E-state index in [0.29, 0.717) is 16.8 Å². The molecule has 1 amide bonds. The van der Waals surface area contributed by atoms with Crippen LogP contribution in [0.3, 0.4) is 0 Å². The smallest absolute Gasteiger partial charge is 0.255 e. The summed E-state index contributed by atoms with van der Waals surface area (Å²) in [5.74, 6) is -0.241. The van der Waals surface area contributed by atoms with E-state index in [9.17, 15) is 4.79 Å². The summed E-state index contributed by atoms with van der Waals surface area (Å²) in [5, 5.41) is 11.7. The summed E-state index contributed by atoms with van der Waals surface area (Å²) in [6.07, 6.45) is 0. The van der Waals surface area contributed by atoms with Crippen LogP contribution >= 0.6 is 0 Å². The number of carbonyl (C=O) groups is 1. The number of nitrogens with two attached hydrogens (primary N) is 1. The van der Waals surface area contributed by atoms with E-state index in [1.165, 1.54) is 0 Å². The number of hydrogen-bond donors (Lipinski definition) is 2. The summed E-state index contributed by atoms with van der Waals surface area (Å²) in [4.78, 5) is 12.2. The molecule has 0 atom stereocenters. The van der Waals surface area contributed by atoms with E-state index in [-0.39, 0.29) is 5.91 Å². The van der Waals surface area contributed by atoms with Gasteiger partial charge in [0.25, 0.3) is 5.91 Å². The van der Waals surface area contributed by atoms with Gasteiger partial charge in [-0.1, -0.05) is 6.07 Å². The molecular weight excluding hydrogens is 250 g/mol. The topological polar surface area (TPSA) is 78.9 Å². The lowest BCUT2D eigenvalue weighted by molar-refractivity contribution is 0.102. The van der Waals surface area contributed by atoms with E-state index in [1.54, 1.807) is 24.3 Å². The maximum atomic E-state index is 12.2. The predicted octanol–water partition coefficient (Wildman–Crippen LogP) is 3.01. The van der Waals surface area contributed by atoms with Crippen LogP contribution in [0.2, 0.25) is 0 Å². The normalized spacial score (nSPS) is 9.85. The first kappa shape index (κ1) is 13.6. The number of rotatable bonds is 2. The second-order valence-electron chi connectivity index (χ2n) is 4.67. The van der Waals surface area contributed by atoms with Gasteiger partial charge in [0.1, 0.15) is 0 Å². The number of benzene rings is 2. The highest BCUT2D eigenvalue weighted by Gasteiger charge is 2.09. The molecule has 2 aromatic carbocycles. The van der Waals surface area contributed by atoms with E-state index in [1.807, 2.05) is 32.0 Å². The van der Waals surface area contributed by atoms with Gasteiger partial charge in [0, 0.05) is 16.9 Å². The number of nitriles is 1. The Kier molecular flexibility index (Phi) is 3.72. The molecule has 0 aliphatic rings. The fourth-order valence-electron chi connectivity index (χ4n) is 1.90. The molecule has 0 fully saturated rings. The Bertz CT molecular complexity index is 714. The molecule has 0 aliphatic carbocycles. The highest BCUT2D eigenvalue weighted by atomic mass is 16.1. The third-order valence-corrected chi connectivity index (χ3v) is 3.12. The molecule has 2 rings (SSSR count). The summed E-state index contributed by atoms with van der Waals surface area (Å²) < 4.78 is 0. The van der Waals surface area contributed by atoms with Crippen molar-refractivity contribution in [3.63, 3.8) is 0 Å². The third kappa shape index (κ3) is 2.78. The number of hydrogen-bond acceptors (Lipinski definition) is 3. The molecule has 0 saturated carbocycles. The number of carbonyl (C=O) groups excluding carboxylic acids is 1. The molecule has 0 unspecified atom stereocenters. The lowest BCUT2D eigenvalue weighted by Crippen LogP contribution is -2.13. The quantitative estimate of drug-likeness (QED) is 0.819. The van der Waals surface area contributed by atoms with Gasteiger partial charge in [-0.05, 0) is 55.3 Å². The van der Waals surface area contributed by atoms with Gasteiger partial charge in [-0.3, -0.25) is 4.79 Å². The van der Waals surface area contributed by atoms with Gasteiger partial charge in [-0.25, -0.2) is 0 Å². The van der Waals surface area contributed by atoms with Crippen molar-refractivity contribution in [2.24, 2.45) is 0 Å². The lowest BCUT2D eigenvalue weighted by Gasteiger charge is -2.11. The fraction of sp³-hybridized carbons (Fsp3) is 0.125. The predicted molar refractivity (Wildman–Crippen MR) is 79.4 cm³/mol. The van der Waals surface area contributed by atoms with Crippen molar-refractivity contribution in [1.29, 1.82) is 5.26 Å². The molecule has 0 bridgehead atoms. The zero-order chi connectivity index (χ0) is 14.7. The van der Waals surface area contributed by atoms with Crippen LogP contribution in [0.15, 0.2) is 36.4 Å². The van der Waals surface area contributed by atoms with Crippen LogP contribution in [0.4, 0.5) is 11.4 Å². The minimum atomic E-state index is -0.241. The maximum Gasteiger partial charge on any atom is 0.255 e. The minimum absolute atomic E-state index is 0.241. The Balaban J connectivity index is 2.28. The number of nitrogens with one attached hydrogen (secondary N) is 1. The number of nitrogen functional groups attached to an aromatic ring is 1. The van der Waals surface area contributed by atoms with Crippen molar-refractivity contribution in [1.82, 2.24) is 0 Å². The van der Waals surface area contributed by atoms with Gasteiger partial charge in [-0.2, -0.15) is 5.26 Å². The number of nitrogens with zero attached hydrogens (tertiary/aromatic N) is 1. The molecule has 2 aromatic rings. The summed E-state index contributed by atoms with van der Waals surface area (Å²) in [6.45, 7) is 3.78. The first-order chi connectivity index (χ1) is 9.51. The Morgan fingerprint density at radius 1 is 1.20 bits per heavy atom. The largest absolute Gasteiger partial charge is 0.399 e. The molecule has 3 N–H and O–H groups in total. The van der Waals surface area contributed by atoms with Crippen LogP contribution in [-0.2, 0) is 0 Å². The third-order valence-electron chi connectivity index (χ3n) is 3.12. The van der Waals surface area contributed by atoms with Crippen LogP contribution in [0.5, 0.6) is 0 Å². The molecule has 0 radical (unpaired) electrons. The summed E-state index contributed by atoms with van der Waals surface area (Å²) in [5.41, 5.74) is 9.98. The van der Waals surface area contributed by atoms with E-state index >= 15 is 0 Å². The Morgan fingerprint density at radius 2 is 1.95 bits per heavy atom. The molecule has 0 saturated heterocycles. The van der Waals surface area contributed by atoms with Crippen LogP contribution in [0.25, 0.3) is 0 Å². The van der Waals surface area contributed by atoms with E-state index in [0.717, 1.165) is 16.8 Å². The van der Waals surface area contributed by atoms with Crippen LogP contribution in [0, 0.1) is 25.2 Å². The van der Waals surface area contributed by atoms with Gasteiger partial charge in [0.15, 0.2) is 0 Å². The van der Waals surface area contributed by atoms with Crippen molar-refractivity contribution in [3.05, 3.63) is 58.7 Å². The van der Waals surface area contributed by atoms with Gasteiger partial charge in [0.2, 0.25) is 0 Å². The van der Waals surface area contributed by atoms with Crippen molar-refractivity contribution in [2.45, 2.75) is 13.8 Å². The minimum Gasteiger partial charge on any atom is -0.399 e. The monoisotopic (exact) mass is 265 g/mol. The van der Waals surface area contributed by atoms with Crippen molar-refractivity contribution < 1.29 is 4.79 Å². The van der Waals surface area contributed by atoms with Gasteiger partial charge >= 0.3 is 0 Å². The Morgan fingerprint density at radius 3 is 2.65 bits per heavy atom. The molecule has 0 aliphatic heterocycles. The average Bonchev–Trinajstić information content (AvgIpc) is 2.44. The number of amides is 1. The molecule has 4 heteroatoms. The van der Waals surface area contributed by atoms with Gasteiger partial charge in [-0.15, -0.1) is 0 Å². The fourth-order valence-corrected chi connectivity index (χ4v) is 1.90. The van der Waals surface area contributed by atoms with Crippen LogP contribution in [0.1, 0.15) is 27.0 Å². The number of anilines is 2. The Hall–Kier alpha value is -2.80. The van der Waals surface area contributed by atoms with Crippen molar-refractivity contribution >= 4 is 17.3 Å². The second-order valence-corrected chi connectivity index (χ2v) is 4.67. The van der Waals surface area contributed by atoms with Gasteiger partial charge < -0.3 is 11.1 Å². The standard InChI is InChI=1S/C16H15N3O/c1-10-7-15(11(2)6-14(10)18)19-16(20)13-5-3-4-12(8-13)9-17/h3-8H,18H2,1-2H3,(H,19,20). The van der Waals surface area contributed by atoms with Crippen molar-refractivity contribution in [2.75, 3.05) is 11.1 Å². The first-order valence-corrected chi connectivity index (χ1v) is 6.19. The summed E-state index contributed by atoms with van der Waals surface area (Å²) in [6, 6.07) is 12.3. The summed E-state index contributed by atoms with van der Waals surface area (Å²) in [7, 11) is 0. The molecule has 100 valence electrons.